The van der Waals surface area contributed by atoms with Gasteiger partial charge in [-0.3, -0.25) is 9.69 Å². The van der Waals surface area contributed by atoms with Crippen LogP contribution in [0.5, 0.6) is 0 Å². The monoisotopic (exact) mass is 335 g/mol. The number of nitrogens with zero attached hydrogens (tertiary/aromatic N) is 3. The largest absolute Gasteiger partial charge is 0.380 e. The fourth-order valence-corrected chi connectivity index (χ4v) is 4.20. The molecular formula is C17H25N3O4. The van der Waals surface area contributed by atoms with Crippen molar-refractivity contribution in [3.8, 4) is 0 Å². The Balaban J connectivity index is 1.38. The van der Waals surface area contributed by atoms with E-state index < -0.39 is 0 Å². The van der Waals surface area contributed by atoms with E-state index in [0.717, 1.165) is 18.6 Å². The molecule has 7 heteroatoms. The maximum Gasteiger partial charge on any atom is 0.276 e. The van der Waals surface area contributed by atoms with Crippen molar-refractivity contribution < 1.29 is 18.8 Å². The summed E-state index contributed by atoms with van der Waals surface area (Å²) in [7, 11) is 1.60. The first-order chi connectivity index (χ1) is 11.6. The molecule has 4 rings (SSSR count). The Morgan fingerprint density at radius 2 is 2.12 bits per heavy atom. The Morgan fingerprint density at radius 1 is 1.38 bits per heavy atom. The normalized spacial score (nSPS) is 26.2. The lowest BCUT2D eigenvalue weighted by atomic mass is 9.88. The number of carbonyl (C=O) groups excluding carboxylic acids is 1. The predicted molar refractivity (Wildman–Crippen MR) is 85.8 cm³/mol. The summed E-state index contributed by atoms with van der Waals surface area (Å²) in [6.45, 7) is 6.60. The first kappa shape index (κ1) is 16.1. The van der Waals surface area contributed by atoms with Gasteiger partial charge in [-0.1, -0.05) is 5.16 Å². The molecule has 1 amide bonds. The number of aromatic nitrogens is 1. The highest BCUT2D eigenvalue weighted by Crippen LogP contribution is 2.38. The van der Waals surface area contributed by atoms with E-state index in [1.54, 1.807) is 14.0 Å². The number of rotatable bonds is 4. The van der Waals surface area contributed by atoms with Crippen molar-refractivity contribution in [2.75, 3.05) is 39.9 Å². The molecule has 0 N–H and O–H groups in total. The van der Waals surface area contributed by atoms with Gasteiger partial charge < -0.3 is 18.9 Å². The van der Waals surface area contributed by atoms with Crippen molar-refractivity contribution in [3.63, 3.8) is 0 Å². The zero-order valence-electron chi connectivity index (χ0n) is 14.4. The lowest BCUT2D eigenvalue weighted by Crippen LogP contribution is -2.63. The highest BCUT2D eigenvalue weighted by molar-refractivity contribution is 5.94. The Morgan fingerprint density at radius 3 is 2.83 bits per heavy atom. The second kappa shape index (κ2) is 6.13. The smallest absolute Gasteiger partial charge is 0.276 e. The minimum Gasteiger partial charge on any atom is -0.380 e. The third-order valence-corrected chi connectivity index (χ3v) is 5.57. The maximum atomic E-state index is 12.7. The summed E-state index contributed by atoms with van der Waals surface area (Å²) in [6.07, 6.45) is 3.61. The SMILES string of the molecule is COCc1c(C(=O)N2CC3(CC(N4CCCC4)CO3)C2)noc1C. The Bertz CT molecular complexity index is 617. The molecule has 1 aromatic rings. The predicted octanol–water partition coefficient (Wildman–Crippen LogP) is 1.21. The third-order valence-electron chi connectivity index (χ3n) is 5.57. The van der Waals surface area contributed by atoms with Crippen LogP contribution in [0.3, 0.4) is 0 Å². The topological polar surface area (TPSA) is 68.0 Å². The molecule has 1 aromatic heterocycles. The highest BCUT2D eigenvalue weighted by atomic mass is 16.5. The van der Waals surface area contributed by atoms with Crippen LogP contribution >= 0.6 is 0 Å². The number of hydrogen-bond acceptors (Lipinski definition) is 6. The van der Waals surface area contributed by atoms with Crippen molar-refractivity contribution in [3.05, 3.63) is 17.0 Å². The second-order valence-electron chi connectivity index (χ2n) is 7.26. The fraction of sp³-hybridized carbons (Fsp3) is 0.765. The van der Waals surface area contributed by atoms with E-state index in [4.69, 9.17) is 14.0 Å². The number of methoxy groups -OCH3 is 1. The van der Waals surface area contributed by atoms with Crippen molar-refractivity contribution in [1.82, 2.24) is 15.0 Å². The molecule has 1 atom stereocenters. The number of carbonyl (C=O) groups is 1. The molecule has 0 saturated carbocycles. The van der Waals surface area contributed by atoms with Crippen LogP contribution in [-0.4, -0.2) is 72.4 Å². The number of hydrogen-bond donors (Lipinski definition) is 0. The van der Waals surface area contributed by atoms with Gasteiger partial charge in [0.15, 0.2) is 5.69 Å². The second-order valence-corrected chi connectivity index (χ2v) is 7.26. The summed E-state index contributed by atoms with van der Waals surface area (Å²) in [5.41, 5.74) is 0.965. The van der Waals surface area contributed by atoms with Crippen LogP contribution in [-0.2, 0) is 16.1 Å². The number of likely N-dealkylation sites (tertiary alicyclic amines) is 2. The zero-order chi connectivity index (χ0) is 16.7. The molecule has 132 valence electrons. The van der Waals surface area contributed by atoms with E-state index in [1.807, 2.05) is 4.90 Å². The van der Waals surface area contributed by atoms with Gasteiger partial charge in [0.1, 0.15) is 11.4 Å². The summed E-state index contributed by atoms with van der Waals surface area (Å²) in [4.78, 5) is 17.0. The van der Waals surface area contributed by atoms with Gasteiger partial charge >= 0.3 is 0 Å². The molecule has 0 aliphatic carbocycles. The fourth-order valence-electron chi connectivity index (χ4n) is 4.20. The Hall–Kier alpha value is -1.44. The standard InChI is InChI=1S/C17H25N3O4/c1-12-14(9-22-2)15(18-24-12)16(21)20-10-17(11-20)7-13(8-23-17)19-5-3-4-6-19/h13H,3-11H2,1-2H3. The molecular weight excluding hydrogens is 310 g/mol. The zero-order valence-corrected chi connectivity index (χ0v) is 14.4. The summed E-state index contributed by atoms with van der Waals surface area (Å²) in [5, 5.41) is 3.93. The minimum atomic E-state index is -0.150. The molecule has 24 heavy (non-hydrogen) atoms. The quantitative estimate of drug-likeness (QED) is 0.824. The van der Waals surface area contributed by atoms with E-state index in [1.165, 1.54) is 25.9 Å². The molecule has 1 spiro atoms. The van der Waals surface area contributed by atoms with Crippen LogP contribution in [0, 0.1) is 6.92 Å². The molecule has 1 unspecified atom stereocenters. The van der Waals surface area contributed by atoms with Crippen molar-refractivity contribution in [2.24, 2.45) is 0 Å². The number of aryl methyl sites for hydroxylation is 1. The van der Waals surface area contributed by atoms with Gasteiger partial charge in [0.2, 0.25) is 0 Å². The van der Waals surface area contributed by atoms with E-state index in [-0.39, 0.29) is 11.5 Å². The molecule has 0 bridgehead atoms. The number of amides is 1. The molecule has 3 fully saturated rings. The molecule has 0 aromatic carbocycles. The van der Waals surface area contributed by atoms with Crippen molar-refractivity contribution in [1.29, 1.82) is 0 Å². The lowest BCUT2D eigenvalue weighted by Gasteiger charge is -2.47. The molecule has 0 radical (unpaired) electrons. The van der Waals surface area contributed by atoms with Crippen LogP contribution in [0.25, 0.3) is 0 Å². The molecule has 4 heterocycles. The average Bonchev–Trinajstić information content (AvgIpc) is 3.25. The Kier molecular flexibility index (Phi) is 4.10. The van der Waals surface area contributed by atoms with Gasteiger partial charge in [-0.15, -0.1) is 0 Å². The van der Waals surface area contributed by atoms with Crippen molar-refractivity contribution in [2.45, 2.75) is 44.4 Å². The molecule has 7 nitrogen and oxygen atoms in total. The van der Waals surface area contributed by atoms with Crippen LogP contribution in [0.15, 0.2) is 4.52 Å². The van der Waals surface area contributed by atoms with E-state index in [0.29, 0.717) is 37.2 Å². The lowest BCUT2D eigenvalue weighted by molar-refractivity contribution is -0.0953. The van der Waals surface area contributed by atoms with Crippen LogP contribution in [0.2, 0.25) is 0 Å². The first-order valence-corrected chi connectivity index (χ1v) is 8.73. The third kappa shape index (κ3) is 2.64. The van der Waals surface area contributed by atoms with Crippen LogP contribution in [0.1, 0.15) is 41.1 Å². The van der Waals surface area contributed by atoms with Gasteiger partial charge in [-0.05, 0) is 39.3 Å². The summed E-state index contributed by atoms with van der Waals surface area (Å²) >= 11 is 0. The van der Waals surface area contributed by atoms with E-state index in [9.17, 15) is 4.79 Å². The summed E-state index contributed by atoms with van der Waals surface area (Å²) < 4.78 is 16.4. The van der Waals surface area contributed by atoms with Gasteiger partial charge in [0.25, 0.3) is 5.91 Å². The van der Waals surface area contributed by atoms with Gasteiger partial charge in [-0.2, -0.15) is 0 Å². The first-order valence-electron chi connectivity index (χ1n) is 8.73. The summed E-state index contributed by atoms with van der Waals surface area (Å²) in [5.74, 6) is 0.555. The minimum absolute atomic E-state index is 0.0854. The van der Waals surface area contributed by atoms with Crippen LogP contribution < -0.4 is 0 Å². The Labute approximate surface area is 141 Å². The molecule has 3 aliphatic rings. The molecule has 3 saturated heterocycles. The highest BCUT2D eigenvalue weighted by Gasteiger charge is 2.53. The average molecular weight is 335 g/mol. The van der Waals surface area contributed by atoms with Crippen molar-refractivity contribution >= 4 is 5.91 Å². The van der Waals surface area contributed by atoms with E-state index >= 15 is 0 Å². The van der Waals surface area contributed by atoms with Crippen LogP contribution in [0.4, 0.5) is 0 Å². The van der Waals surface area contributed by atoms with Gasteiger partial charge in [0, 0.05) is 13.2 Å². The number of ether oxygens (including phenoxy) is 2. The summed E-state index contributed by atoms with van der Waals surface area (Å²) in [6, 6.07) is 0.517. The molecule has 3 aliphatic heterocycles. The van der Waals surface area contributed by atoms with E-state index in [2.05, 4.69) is 10.1 Å². The maximum absolute atomic E-state index is 12.7. The van der Waals surface area contributed by atoms with Gasteiger partial charge in [0.05, 0.1) is 31.9 Å². The van der Waals surface area contributed by atoms with Gasteiger partial charge in [-0.25, -0.2) is 0 Å².